The summed E-state index contributed by atoms with van der Waals surface area (Å²) < 4.78 is 0. The van der Waals surface area contributed by atoms with Crippen LogP contribution in [0.4, 0.5) is 0 Å². The minimum Gasteiger partial charge on any atom is -0.357 e. The van der Waals surface area contributed by atoms with Crippen molar-refractivity contribution in [3.05, 3.63) is 35.4 Å². The van der Waals surface area contributed by atoms with Gasteiger partial charge < -0.3 is 15.5 Å². The van der Waals surface area contributed by atoms with Crippen molar-refractivity contribution >= 4 is 11.9 Å². The second kappa shape index (κ2) is 7.89. The molecule has 1 aliphatic heterocycles. The number of likely N-dealkylation sites (tertiary alicyclic amines) is 1. The Kier molecular flexibility index (Phi) is 5.61. The van der Waals surface area contributed by atoms with Crippen LogP contribution in [0.1, 0.15) is 54.9 Å². The molecule has 1 saturated carbocycles. The number of benzene rings is 1. The number of guanidine groups is 1. The normalized spacial score (nSPS) is 19.4. The number of aliphatic imine (C=N–C) groups is 1. The summed E-state index contributed by atoms with van der Waals surface area (Å²) in [6, 6.07) is 7.69. The molecule has 0 radical (unpaired) electrons. The van der Waals surface area contributed by atoms with Crippen molar-refractivity contribution in [2.24, 2.45) is 10.4 Å². The summed E-state index contributed by atoms with van der Waals surface area (Å²) in [7, 11) is 1.65. The Bertz CT molecular complexity index is 617. The summed E-state index contributed by atoms with van der Waals surface area (Å²) >= 11 is 0. The molecule has 0 bridgehead atoms. The van der Waals surface area contributed by atoms with Crippen molar-refractivity contribution in [1.29, 1.82) is 0 Å². The standard InChI is InChI=1S/C20H30N4O/c1-3-22-19(24-13-12-20(15-24)10-4-5-11-20)23-14-16-6-8-17(9-7-16)18(25)21-2/h6-9H,3-5,10-15H2,1-2H3,(H,21,25)(H,22,23). The van der Waals surface area contributed by atoms with Crippen molar-refractivity contribution < 1.29 is 4.79 Å². The molecule has 2 fully saturated rings. The van der Waals surface area contributed by atoms with E-state index in [-0.39, 0.29) is 5.91 Å². The fraction of sp³-hybridized carbons (Fsp3) is 0.600. The van der Waals surface area contributed by atoms with Crippen molar-refractivity contribution in [3.63, 3.8) is 0 Å². The maximum absolute atomic E-state index is 11.6. The average molecular weight is 342 g/mol. The first kappa shape index (κ1) is 17.8. The third-order valence-corrected chi connectivity index (χ3v) is 5.59. The first-order valence-electron chi connectivity index (χ1n) is 9.50. The number of carbonyl (C=O) groups excluding carboxylic acids is 1. The van der Waals surface area contributed by atoms with Crippen molar-refractivity contribution in [1.82, 2.24) is 15.5 Å². The maximum Gasteiger partial charge on any atom is 0.251 e. The lowest BCUT2D eigenvalue weighted by molar-refractivity contribution is 0.0963. The van der Waals surface area contributed by atoms with Crippen LogP contribution >= 0.6 is 0 Å². The van der Waals surface area contributed by atoms with Crippen molar-refractivity contribution in [2.75, 3.05) is 26.7 Å². The van der Waals surface area contributed by atoms with Gasteiger partial charge in [-0.15, -0.1) is 0 Å². The predicted molar refractivity (Wildman–Crippen MR) is 102 cm³/mol. The number of nitrogens with one attached hydrogen (secondary N) is 2. The van der Waals surface area contributed by atoms with E-state index in [9.17, 15) is 4.79 Å². The van der Waals surface area contributed by atoms with Crippen molar-refractivity contribution in [2.45, 2.75) is 45.6 Å². The molecule has 1 spiro atoms. The van der Waals surface area contributed by atoms with Gasteiger partial charge in [0.25, 0.3) is 5.91 Å². The van der Waals surface area contributed by atoms with Crippen LogP contribution in [-0.2, 0) is 6.54 Å². The molecule has 5 heteroatoms. The van der Waals surface area contributed by atoms with E-state index < -0.39 is 0 Å². The van der Waals surface area contributed by atoms with Gasteiger partial charge in [0, 0.05) is 32.2 Å². The molecule has 1 amide bonds. The van der Waals surface area contributed by atoms with Crippen LogP contribution in [-0.4, -0.2) is 43.4 Å². The molecule has 1 aromatic carbocycles. The minimum atomic E-state index is -0.0534. The third-order valence-electron chi connectivity index (χ3n) is 5.59. The predicted octanol–water partition coefficient (Wildman–Crippen LogP) is 2.78. The summed E-state index contributed by atoms with van der Waals surface area (Å²) in [5.74, 6) is 0.976. The molecule has 3 rings (SSSR count). The molecular formula is C20H30N4O. The Balaban J connectivity index is 1.65. The molecule has 1 saturated heterocycles. The van der Waals surface area contributed by atoms with Gasteiger partial charge in [0.2, 0.25) is 0 Å². The summed E-state index contributed by atoms with van der Waals surface area (Å²) in [5, 5.41) is 6.10. The topological polar surface area (TPSA) is 56.7 Å². The first-order chi connectivity index (χ1) is 12.2. The zero-order valence-corrected chi connectivity index (χ0v) is 15.5. The highest BCUT2D eigenvalue weighted by Gasteiger charge is 2.41. The van der Waals surface area contributed by atoms with E-state index in [1.54, 1.807) is 7.05 Å². The lowest BCUT2D eigenvalue weighted by atomic mass is 9.86. The molecule has 1 aliphatic carbocycles. The number of hydrogen-bond acceptors (Lipinski definition) is 2. The number of nitrogens with zero attached hydrogens (tertiary/aromatic N) is 2. The molecule has 0 aromatic heterocycles. The van der Waals surface area contributed by atoms with Gasteiger partial charge >= 0.3 is 0 Å². The highest BCUT2D eigenvalue weighted by Crippen LogP contribution is 2.45. The van der Waals surface area contributed by atoms with Crippen molar-refractivity contribution in [3.8, 4) is 0 Å². The smallest absolute Gasteiger partial charge is 0.251 e. The molecular weight excluding hydrogens is 312 g/mol. The van der Waals surface area contributed by atoms with Gasteiger partial charge in [-0.3, -0.25) is 4.79 Å². The molecule has 2 aliphatic rings. The summed E-state index contributed by atoms with van der Waals surface area (Å²) in [6.45, 7) is 5.91. The van der Waals surface area contributed by atoms with Gasteiger partial charge in [0.1, 0.15) is 0 Å². The molecule has 1 aromatic rings. The van der Waals surface area contributed by atoms with E-state index in [1.807, 2.05) is 24.3 Å². The zero-order valence-electron chi connectivity index (χ0n) is 15.5. The Hall–Kier alpha value is -2.04. The van der Waals surface area contributed by atoms with Gasteiger partial charge in [-0.2, -0.15) is 0 Å². The summed E-state index contributed by atoms with van der Waals surface area (Å²) in [4.78, 5) is 18.9. The van der Waals surface area contributed by atoms with Crippen LogP contribution in [0.25, 0.3) is 0 Å². The molecule has 2 N–H and O–H groups in total. The highest BCUT2D eigenvalue weighted by molar-refractivity contribution is 5.93. The third kappa shape index (κ3) is 4.14. The number of carbonyl (C=O) groups is 1. The highest BCUT2D eigenvalue weighted by atomic mass is 16.1. The molecule has 1 heterocycles. The quantitative estimate of drug-likeness (QED) is 0.653. The van der Waals surface area contributed by atoms with Crippen LogP contribution in [0.15, 0.2) is 29.3 Å². The number of rotatable bonds is 4. The van der Waals surface area contributed by atoms with Gasteiger partial charge in [-0.25, -0.2) is 4.99 Å². The molecule has 0 atom stereocenters. The maximum atomic E-state index is 11.6. The Morgan fingerprint density at radius 2 is 1.92 bits per heavy atom. The second-order valence-electron chi connectivity index (χ2n) is 7.32. The summed E-state index contributed by atoms with van der Waals surface area (Å²) in [6.07, 6.45) is 6.84. The molecule has 5 nitrogen and oxygen atoms in total. The zero-order chi connectivity index (χ0) is 17.7. The minimum absolute atomic E-state index is 0.0534. The van der Waals surface area contributed by atoms with Gasteiger partial charge in [-0.1, -0.05) is 25.0 Å². The largest absolute Gasteiger partial charge is 0.357 e. The van der Waals surface area contributed by atoms with Gasteiger partial charge in [0.15, 0.2) is 5.96 Å². The molecule has 136 valence electrons. The molecule has 0 unspecified atom stereocenters. The molecule has 25 heavy (non-hydrogen) atoms. The second-order valence-corrected chi connectivity index (χ2v) is 7.32. The summed E-state index contributed by atoms with van der Waals surface area (Å²) in [5.41, 5.74) is 2.36. The van der Waals surface area contributed by atoms with Crippen LogP contribution in [0.3, 0.4) is 0 Å². The Morgan fingerprint density at radius 1 is 1.20 bits per heavy atom. The number of hydrogen-bond donors (Lipinski definition) is 2. The van der Waals surface area contributed by atoms with E-state index in [2.05, 4.69) is 22.5 Å². The van der Waals surface area contributed by atoms with E-state index in [4.69, 9.17) is 4.99 Å². The number of amides is 1. The van der Waals surface area contributed by atoms with Crippen LogP contribution in [0.2, 0.25) is 0 Å². The van der Waals surface area contributed by atoms with Crippen LogP contribution in [0, 0.1) is 5.41 Å². The van der Waals surface area contributed by atoms with Gasteiger partial charge in [-0.05, 0) is 49.3 Å². The fourth-order valence-corrected chi connectivity index (χ4v) is 4.15. The van der Waals surface area contributed by atoms with Crippen LogP contribution in [0.5, 0.6) is 0 Å². The van der Waals surface area contributed by atoms with E-state index >= 15 is 0 Å². The lowest BCUT2D eigenvalue weighted by Crippen LogP contribution is -2.41. The fourth-order valence-electron chi connectivity index (χ4n) is 4.15. The lowest BCUT2D eigenvalue weighted by Gasteiger charge is -2.26. The van der Waals surface area contributed by atoms with E-state index in [0.717, 1.165) is 31.2 Å². The first-order valence-corrected chi connectivity index (χ1v) is 9.50. The van der Waals surface area contributed by atoms with E-state index in [0.29, 0.717) is 17.5 Å². The Labute approximate surface area is 150 Å². The Morgan fingerprint density at radius 3 is 2.56 bits per heavy atom. The SMILES string of the molecule is CCNC(=NCc1ccc(C(=O)NC)cc1)N1CCC2(CCCC2)C1. The van der Waals surface area contributed by atoms with E-state index in [1.165, 1.54) is 32.1 Å². The van der Waals surface area contributed by atoms with Crippen LogP contribution < -0.4 is 10.6 Å². The monoisotopic (exact) mass is 342 g/mol. The average Bonchev–Trinajstić information content (AvgIpc) is 3.28. The van der Waals surface area contributed by atoms with Gasteiger partial charge in [0.05, 0.1) is 6.54 Å².